The number of aliphatic hydroxyl groups excluding tert-OH is 2. The van der Waals surface area contributed by atoms with E-state index in [1.54, 1.807) is 0 Å². The molecule has 2 nitrogen and oxygen atoms in total. The second-order valence-electron chi connectivity index (χ2n) is 12.1. The molecule has 29 heavy (non-hydrogen) atoms. The van der Waals surface area contributed by atoms with Crippen LogP contribution >= 0.6 is 0 Å². The molecule has 3 fully saturated rings. The molecule has 4 rings (SSSR count). The van der Waals surface area contributed by atoms with Crippen LogP contribution in [0, 0.1) is 46.3 Å². The van der Waals surface area contributed by atoms with E-state index in [9.17, 15) is 10.2 Å². The number of aliphatic hydroxyl groups is 2. The third-order valence-corrected chi connectivity index (χ3v) is 10.3. The van der Waals surface area contributed by atoms with Gasteiger partial charge in [-0.05, 0) is 92.3 Å². The summed E-state index contributed by atoms with van der Waals surface area (Å²) in [6, 6.07) is 0. The third-order valence-electron chi connectivity index (χ3n) is 10.3. The first-order valence-electron chi connectivity index (χ1n) is 12.8. The highest BCUT2D eigenvalue weighted by atomic mass is 16.3. The Kier molecular flexibility index (Phi) is 6.26. The van der Waals surface area contributed by atoms with E-state index in [4.69, 9.17) is 0 Å². The van der Waals surface area contributed by atoms with Gasteiger partial charge in [0.15, 0.2) is 0 Å². The van der Waals surface area contributed by atoms with Crippen LogP contribution in [0.3, 0.4) is 0 Å². The molecule has 2 heteroatoms. The minimum Gasteiger partial charge on any atom is -0.395 e. The molecule has 0 saturated heterocycles. The second kappa shape index (κ2) is 8.30. The topological polar surface area (TPSA) is 40.5 Å². The summed E-state index contributed by atoms with van der Waals surface area (Å²) >= 11 is 0. The van der Waals surface area contributed by atoms with E-state index in [1.807, 2.05) is 0 Å². The van der Waals surface area contributed by atoms with E-state index in [2.05, 4.69) is 33.8 Å². The number of rotatable bonds is 6. The van der Waals surface area contributed by atoms with Crippen molar-refractivity contribution in [3.8, 4) is 0 Å². The van der Waals surface area contributed by atoms with Crippen LogP contribution in [0.25, 0.3) is 0 Å². The summed E-state index contributed by atoms with van der Waals surface area (Å²) in [5.41, 5.74) is 1.90. The van der Waals surface area contributed by atoms with Crippen molar-refractivity contribution < 1.29 is 10.2 Å². The van der Waals surface area contributed by atoms with E-state index < -0.39 is 0 Å². The smallest absolute Gasteiger partial charge is 0.0577 e. The summed E-state index contributed by atoms with van der Waals surface area (Å²) in [4.78, 5) is 0. The lowest BCUT2D eigenvalue weighted by Gasteiger charge is -2.59. The van der Waals surface area contributed by atoms with Gasteiger partial charge in [-0.2, -0.15) is 0 Å². The summed E-state index contributed by atoms with van der Waals surface area (Å²) in [5.74, 6) is 4.82. The molecule has 4 aliphatic carbocycles. The normalized spacial score (nSPS) is 45.3. The fourth-order valence-corrected chi connectivity index (χ4v) is 8.76. The molecule has 166 valence electrons. The van der Waals surface area contributed by atoms with Gasteiger partial charge >= 0.3 is 0 Å². The molecule has 0 aromatic rings. The van der Waals surface area contributed by atoms with Gasteiger partial charge in [0.1, 0.15) is 0 Å². The zero-order chi connectivity index (χ0) is 20.8. The van der Waals surface area contributed by atoms with Crippen molar-refractivity contribution in [1.82, 2.24) is 0 Å². The Labute approximate surface area is 179 Å². The SMILES string of the molecule is CC(C)CCC[C@@H](C)[C@H]1CC[C@H]2[C@@H]3CC=C4C[C@H](O)CC[C@]4(CO)[C@H]3CC[C@]12C. The van der Waals surface area contributed by atoms with Crippen molar-refractivity contribution in [2.75, 3.05) is 6.61 Å². The highest BCUT2D eigenvalue weighted by Crippen LogP contribution is 2.67. The molecular weight excluding hydrogens is 356 g/mol. The first-order valence-corrected chi connectivity index (χ1v) is 12.8. The molecule has 0 bridgehead atoms. The Morgan fingerprint density at radius 3 is 2.55 bits per heavy atom. The van der Waals surface area contributed by atoms with Gasteiger partial charge in [0.2, 0.25) is 0 Å². The van der Waals surface area contributed by atoms with Gasteiger partial charge in [0, 0.05) is 5.41 Å². The Morgan fingerprint density at radius 1 is 1.03 bits per heavy atom. The first kappa shape index (κ1) is 21.9. The molecule has 0 heterocycles. The summed E-state index contributed by atoms with van der Waals surface area (Å²) < 4.78 is 0. The predicted molar refractivity (Wildman–Crippen MR) is 120 cm³/mol. The van der Waals surface area contributed by atoms with Gasteiger partial charge in [-0.3, -0.25) is 0 Å². The van der Waals surface area contributed by atoms with Crippen molar-refractivity contribution in [3.63, 3.8) is 0 Å². The molecule has 0 amide bonds. The van der Waals surface area contributed by atoms with Crippen molar-refractivity contribution >= 4 is 0 Å². The van der Waals surface area contributed by atoms with Gasteiger partial charge in [-0.15, -0.1) is 0 Å². The molecule has 4 aliphatic rings. The first-order chi connectivity index (χ1) is 13.8. The zero-order valence-corrected chi connectivity index (χ0v) is 19.5. The maximum Gasteiger partial charge on any atom is 0.0577 e. The molecule has 8 atom stereocenters. The van der Waals surface area contributed by atoms with Crippen LogP contribution in [-0.4, -0.2) is 22.9 Å². The van der Waals surface area contributed by atoms with Crippen LogP contribution in [0.15, 0.2) is 11.6 Å². The van der Waals surface area contributed by atoms with Crippen LogP contribution in [0.2, 0.25) is 0 Å². The molecule has 0 unspecified atom stereocenters. The van der Waals surface area contributed by atoms with Crippen molar-refractivity contribution in [3.05, 3.63) is 11.6 Å². The summed E-state index contributed by atoms with van der Waals surface area (Å²) in [6.07, 6.45) is 15.8. The number of hydrogen-bond donors (Lipinski definition) is 2. The molecule has 3 saturated carbocycles. The molecular formula is C27H46O2. The van der Waals surface area contributed by atoms with E-state index in [-0.39, 0.29) is 11.5 Å². The Hall–Kier alpha value is -0.340. The average molecular weight is 403 g/mol. The van der Waals surface area contributed by atoms with Crippen LogP contribution in [0.5, 0.6) is 0 Å². The van der Waals surface area contributed by atoms with E-state index in [0.29, 0.717) is 17.9 Å². The lowest BCUT2D eigenvalue weighted by Crippen LogP contribution is -2.53. The Balaban J connectivity index is 1.51. The monoisotopic (exact) mass is 402 g/mol. The number of fused-ring (bicyclic) bond motifs is 5. The standard InChI is InChI=1S/C27H46O2/c1-18(2)6-5-7-19(3)23-10-11-24-22-9-8-20-16-21(29)12-15-27(20,17-28)25(22)13-14-26(23,24)4/h8,18-19,21-25,28-29H,5-7,9-17H2,1-4H3/t19-,21-,22+,23-,24+,25+,26-,27-/m1/s1. The Morgan fingerprint density at radius 2 is 1.83 bits per heavy atom. The van der Waals surface area contributed by atoms with Crippen molar-refractivity contribution in [1.29, 1.82) is 0 Å². The summed E-state index contributed by atoms with van der Waals surface area (Å²) in [5, 5.41) is 20.8. The average Bonchev–Trinajstić information content (AvgIpc) is 3.04. The van der Waals surface area contributed by atoms with Crippen LogP contribution < -0.4 is 0 Å². The maximum atomic E-state index is 10.6. The largest absolute Gasteiger partial charge is 0.395 e. The zero-order valence-electron chi connectivity index (χ0n) is 19.5. The van der Waals surface area contributed by atoms with Crippen molar-refractivity contribution in [2.45, 2.75) is 104 Å². The summed E-state index contributed by atoms with van der Waals surface area (Å²) in [7, 11) is 0. The van der Waals surface area contributed by atoms with E-state index in [0.717, 1.165) is 48.9 Å². The molecule has 0 aliphatic heterocycles. The van der Waals surface area contributed by atoms with Crippen LogP contribution in [0.4, 0.5) is 0 Å². The molecule has 0 aromatic heterocycles. The quantitative estimate of drug-likeness (QED) is 0.507. The van der Waals surface area contributed by atoms with Gasteiger partial charge in [0.05, 0.1) is 12.7 Å². The number of allylic oxidation sites excluding steroid dienone is 1. The maximum absolute atomic E-state index is 10.6. The molecule has 0 aromatic carbocycles. The fraction of sp³-hybridized carbons (Fsp3) is 0.926. The van der Waals surface area contributed by atoms with Gasteiger partial charge in [0.25, 0.3) is 0 Å². The van der Waals surface area contributed by atoms with Crippen molar-refractivity contribution in [2.24, 2.45) is 46.3 Å². The molecule has 0 radical (unpaired) electrons. The van der Waals surface area contributed by atoms with E-state index in [1.165, 1.54) is 56.9 Å². The van der Waals surface area contributed by atoms with Crippen LogP contribution in [-0.2, 0) is 0 Å². The third kappa shape index (κ3) is 3.65. The Bertz CT molecular complexity index is 610. The van der Waals surface area contributed by atoms with Crippen LogP contribution in [0.1, 0.15) is 98.3 Å². The molecule has 2 N–H and O–H groups in total. The highest BCUT2D eigenvalue weighted by molar-refractivity contribution is 5.26. The minimum atomic E-state index is -0.186. The lowest BCUT2D eigenvalue weighted by molar-refractivity contribution is -0.0795. The fourth-order valence-electron chi connectivity index (χ4n) is 8.76. The lowest BCUT2D eigenvalue weighted by atomic mass is 9.46. The predicted octanol–water partition coefficient (Wildman–Crippen LogP) is 6.36. The van der Waals surface area contributed by atoms with Gasteiger partial charge in [-0.1, -0.05) is 58.6 Å². The highest BCUT2D eigenvalue weighted by Gasteiger charge is 2.60. The van der Waals surface area contributed by atoms with Gasteiger partial charge in [-0.25, -0.2) is 0 Å². The summed E-state index contributed by atoms with van der Waals surface area (Å²) in [6.45, 7) is 10.2. The van der Waals surface area contributed by atoms with E-state index >= 15 is 0 Å². The van der Waals surface area contributed by atoms with Gasteiger partial charge < -0.3 is 10.2 Å². The molecule has 0 spiro atoms. The second-order valence-corrected chi connectivity index (χ2v) is 12.1. The minimum absolute atomic E-state index is 0.00948. The number of hydrogen-bond acceptors (Lipinski definition) is 2.